The number of halogens is 2. The molecule has 2 unspecified atom stereocenters. The number of hydrogen-bond acceptors (Lipinski definition) is 0. The van der Waals surface area contributed by atoms with Crippen LogP contribution in [0.5, 0.6) is 0 Å². The molecule has 0 heterocycles. The standard InChI is InChI=1S/C21H24Br2/c1-2-3-4-5-6-13-18(22)20-16-11-8-7-10-15(16)17-12-9-14-19(23)21(17)20/h7-12,14,18,20H,2-6,13H2,1H3. The topological polar surface area (TPSA) is 0 Å². The summed E-state index contributed by atoms with van der Waals surface area (Å²) < 4.78 is 1.24. The van der Waals surface area contributed by atoms with Crippen LogP contribution in [-0.4, -0.2) is 4.83 Å². The number of benzene rings is 2. The number of fused-ring (bicyclic) bond motifs is 3. The summed E-state index contributed by atoms with van der Waals surface area (Å²) in [6, 6.07) is 15.5. The maximum atomic E-state index is 4.03. The average Bonchev–Trinajstić information content (AvgIpc) is 2.91. The zero-order valence-corrected chi connectivity index (χ0v) is 16.9. The molecule has 23 heavy (non-hydrogen) atoms. The van der Waals surface area contributed by atoms with Gasteiger partial charge in [-0.2, -0.15) is 0 Å². The third-order valence-corrected chi connectivity index (χ3v) is 6.57. The summed E-state index contributed by atoms with van der Waals surface area (Å²) in [7, 11) is 0. The Kier molecular flexibility index (Phi) is 5.98. The van der Waals surface area contributed by atoms with Crippen LogP contribution in [0.15, 0.2) is 46.9 Å². The second kappa shape index (κ2) is 7.98. The lowest BCUT2D eigenvalue weighted by molar-refractivity contribution is 0.583. The Hall–Kier alpha value is -0.600. The van der Waals surface area contributed by atoms with Crippen LogP contribution >= 0.6 is 31.9 Å². The van der Waals surface area contributed by atoms with E-state index in [1.807, 2.05) is 0 Å². The van der Waals surface area contributed by atoms with Crippen molar-refractivity contribution in [3.8, 4) is 11.1 Å². The monoisotopic (exact) mass is 434 g/mol. The van der Waals surface area contributed by atoms with Gasteiger partial charge < -0.3 is 0 Å². The number of unbranched alkanes of at least 4 members (excludes halogenated alkanes) is 4. The zero-order valence-electron chi connectivity index (χ0n) is 13.7. The highest BCUT2D eigenvalue weighted by atomic mass is 79.9. The van der Waals surface area contributed by atoms with E-state index in [9.17, 15) is 0 Å². The lowest BCUT2D eigenvalue weighted by Gasteiger charge is -2.21. The fourth-order valence-electron chi connectivity index (χ4n) is 3.74. The lowest BCUT2D eigenvalue weighted by Crippen LogP contribution is -2.12. The lowest BCUT2D eigenvalue weighted by atomic mass is 9.91. The fraction of sp³-hybridized carbons (Fsp3) is 0.429. The van der Waals surface area contributed by atoms with Crippen molar-refractivity contribution in [1.29, 1.82) is 0 Å². The van der Waals surface area contributed by atoms with Crippen LogP contribution in [-0.2, 0) is 0 Å². The van der Waals surface area contributed by atoms with Crippen molar-refractivity contribution in [2.75, 3.05) is 0 Å². The summed E-state index contributed by atoms with van der Waals surface area (Å²) in [6.07, 6.45) is 7.96. The molecule has 3 rings (SSSR count). The Morgan fingerprint density at radius 1 is 0.913 bits per heavy atom. The van der Waals surface area contributed by atoms with Crippen molar-refractivity contribution in [3.63, 3.8) is 0 Å². The Morgan fingerprint density at radius 2 is 1.65 bits per heavy atom. The molecule has 0 N–H and O–H groups in total. The van der Waals surface area contributed by atoms with Gasteiger partial charge in [0.05, 0.1) is 0 Å². The van der Waals surface area contributed by atoms with Crippen LogP contribution in [0.4, 0.5) is 0 Å². The van der Waals surface area contributed by atoms with Gasteiger partial charge in [-0.25, -0.2) is 0 Å². The van der Waals surface area contributed by atoms with Crippen molar-refractivity contribution in [2.24, 2.45) is 0 Å². The molecule has 0 spiro atoms. The molecule has 0 bridgehead atoms. The van der Waals surface area contributed by atoms with E-state index in [4.69, 9.17) is 0 Å². The third-order valence-electron chi connectivity index (χ3n) is 4.90. The van der Waals surface area contributed by atoms with E-state index >= 15 is 0 Å². The van der Waals surface area contributed by atoms with Crippen molar-refractivity contribution < 1.29 is 0 Å². The largest absolute Gasteiger partial charge is 0.0880 e. The Balaban J connectivity index is 1.82. The average molecular weight is 436 g/mol. The van der Waals surface area contributed by atoms with Crippen LogP contribution < -0.4 is 0 Å². The molecule has 0 aromatic heterocycles. The fourth-order valence-corrected chi connectivity index (χ4v) is 5.23. The van der Waals surface area contributed by atoms with Crippen LogP contribution in [0.25, 0.3) is 11.1 Å². The normalized spacial score (nSPS) is 16.9. The summed E-state index contributed by atoms with van der Waals surface area (Å²) >= 11 is 7.82. The highest BCUT2D eigenvalue weighted by molar-refractivity contribution is 9.10. The first-order chi connectivity index (χ1) is 11.2. The number of rotatable bonds is 7. The Bertz CT molecular complexity index is 663. The number of hydrogen-bond donors (Lipinski definition) is 0. The second-order valence-electron chi connectivity index (χ2n) is 6.48. The quantitative estimate of drug-likeness (QED) is 0.309. The van der Waals surface area contributed by atoms with E-state index in [1.54, 1.807) is 0 Å². The molecule has 0 saturated carbocycles. The summed E-state index contributed by atoms with van der Waals surface area (Å²) in [6.45, 7) is 2.28. The van der Waals surface area contributed by atoms with Gasteiger partial charge >= 0.3 is 0 Å². The molecule has 0 amide bonds. The van der Waals surface area contributed by atoms with E-state index in [0.29, 0.717) is 10.7 Å². The summed E-state index contributed by atoms with van der Waals surface area (Å²) in [5.74, 6) is 0.461. The first kappa shape index (κ1) is 17.2. The van der Waals surface area contributed by atoms with Gasteiger partial charge in [-0.3, -0.25) is 0 Å². The minimum Gasteiger partial charge on any atom is -0.0880 e. The Labute approximate surface area is 157 Å². The maximum absolute atomic E-state index is 4.03. The molecular weight excluding hydrogens is 412 g/mol. The van der Waals surface area contributed by atoms with Gasteiger partial charge in [0, 0.05) is 15.2 Å². The minimum absolute atomic E-state index is 0.461. The molecule has 122 valence electrons. The molecule has 2 atom stereocenters. The Morgan fingerprint density at radius 3 is 2.48 bits per heavy atom. The van der Waals surface area contributed by atoms with E-state index in [0.717, 1.165) is 0 Å². The summed E-state index contributed by atoms with van der Waals surface area (Å²) in [5, 5.41) is 0. The smallest absolute Gasteiger partial charge is 0.0256 e. The number of alkyl halides is 1. The third kappa shape index (κ3) is 3.58. The highest BCUT2D eigenvalue weighted by Gasteiger charge is 2.34. The molecule has 0 saturated heterocycles. The van der Waals surface area contributed by atoms with Crippen LogP contribution in [0.1, 0.15) is 62.5 Å². The molecule has 0 nitrogen and oxygen atoms in total. The van der Waals surface area contributed by atoms with Crippen molar-refractivity contribution in [2.45, 2.75) is 56.2 Å². The first-order valence-corrected chi connectivity index (χ1v) is 10.5. The van der Waals surface area contributed by atoms with Gasteiger partial charge in [0.15, 0.2) is 0 Å². The SMILES string of the molecule is CCCCCCCC(Br)C1c2ccccc2-c2cccc(Br)c21. The van der Waals surface area contributed by atoms with Crippen molar-refractivity contribution >= 4 is 31.9 Å². The maximum Gasteiger partial charge on any atom is 0.0256 e. The highest BCUT2D eigenvalue weighted by Crippen LogP contribution is 2.51. The first-order valence-electron chi connectivity index (χ1n) is 8.75. The molecule has 0 aliphatic heterocycles. The van der Waals surface area contributed by atoms with Gasteiger partial charge in [0.1, 0.15) is 0 Å². The van der Waals surface area contributed by atoms with Crippen molar-refractivity contribution in [1.82, 2.24) is 0 Å². The van der Waals surface area contributed by atoms with Gasteiger partial charge in [-0.05, 0) is 34.7 Å². The van der Waals surface area contributed by atoms with Gasteiger partial charge in [0.25, 0.3) is 0 Å². The molecule has 2 aromatic rings. The predicted molar refractivity (Wildman–Crippen MR) is 108 cm³/mol. The minimum atomic E-state index is 0.461. The summed E-state index contributed by atoms with van der Waals surface area (Å²) in [4.78, 5) is 0.505. The van der Waals surface area contributed by atoms with Crippen LogP contribution in [0.2, 0.25) is 0 Å². The predicted octanol–water partition coefficient (Wildman–Crippen LogP) is 7.69. The molecular formula is C21H24Br2. The van der Waals surface area contributed by atoms with Crippen LogP contribution in [0.3, 0.4) is 0 Å². The molecule has 2 aromatic carbocycles. The summed E-state index contributed by atoms with van der Waals surface area (Å²) in [5.41, 5.74) is 5.74. The molecule has 2 heteroatoms. The van der Waals surface area contributed by atoms with Gasteiger partial charge in [0.2, 0.25) is 0 Å². The zero-order chi connectivity index (χ0) is 16.2. The van der Waals surface area contributed by atoms with Gasteiger partial charge in [-0.15, -0.1) is 0 Å². The van der Waals surface area contributed by atoms with Crippen molar-refractivity contribution in [3.05, 3.63) is 58.1 Å². The van der Waals surface area contributed by atoms with Gasteiger partial charge in [-0.1, -0.05) is 107 Å². The molecule has 0 radical (unpaired) electrons. The van der Waals surface area contributed by atoms with E-state index in [-0.39, 0.29) is 0 Å². The molecule has 0 fully saturated rings. The molecule has 1 aliphatic rings. The van der Waals surface area contributed by atoms with E-state index < -0.39 is 0 Å². The van der Waals surface area contributed by atoms with E-state index in [1.165, 1.54) is 65.3 Å². The van der Waals surface area contributed by atoms with Crippen LogP contribution in [0, 0.1) is 0 Å². The second-order valence-corrected chi connectivity index (χ2v) is 8.52. The molecule has 1 aliphatic carbocycles. The van der Waals surface area contributed by atoms with E-state index in [2.05, 4.69) is 81.2 Å².